The number of amides is 1. The lowest BCUT2D eigenvalue weighted by Gasteiger charge is -2.31. The maximum Gasteiger partial charge on any atom is 0.251 e. The van der Waals surface area contributed by atoms with Gasteiger partial charge < -0.3 is 20.7 Å². The Morgan fingerprint density at radius 2 is 2.29 bits per heavy atom. The Kier molecular flexibility index (Phi) is 8.88. The molecule has 0 aromatic heterocycles. The summed E-state index contributed by atoms with van der Waals surface area (Å²) in [7, 11) is 1.58. The zero-order valence-corrected chi connectivity index (χ0v) is 16.7. The van der Waals surface area contributed by atoms with Gasteiger partial charge in [-0.05, 0) is 37.0 Å². The van der Waals surface area contributed by atoms with Crippen molar-refractivity contribution in [2.75, 3.05) is 33.3 Å². The minimum atomic E-state index is -0.135. The summed E-state index contributed by atoms with van der Waals surface area (Å²) in [5.74, 6) is 1.76. The zero-order chi connectivity index (χ0) is 16.7. The van der Waals surface area contributed by atoms with E-state index in [1.165, 1.54) is 6.42 Å². The van der Waals surface area contributed by atoms with Gasteiger partial charge in [-0.3, -0.25) is 9.79 Å². The number of piperidine rings is 1. The fourth-order valence-corrected chi connectivity index (χ4v) is 2.70. The minimum absolute atomic E-state index is 0. The molecular formula is C17H27IN4O2. The first-order valence-electron chi connectivity index (χ1n) is 8.07. The van der Waals surface area contributed by atoms with Crippen LogP contribution < -0.4 is 15.8 Å². The van der Waals surface area contributed by atoms with Crippen molar-refractivity contribution in [1.29, 1.82) is 0 Å². The number of ether oxygens (including phenoxy) is 1. The molecule has 1 aromatic carbocycles. The molecule has 1 atom stereocenters. The first-order chi connectivity index (χ1) is 11.1. The van der Waals surface area contributed by atoms with Crippen molar-refractivity contribution in [3.8, 4) is 5.75 Å². The smallest absolute Gasteiger partial charge is 0.251 e. The molecule has 6 nitrogen and oxygen atoms in total. The zero-order valence-electron chi connectivity index (χ0n) is 14.3. The van der Waals surface area contributed by atoms with Crippen molar-refractivity contribution < 1.29 is 9.53 Å². The lowest BCUT2D eigenvalue weighted by atomic mass is 10.0. The Bertz CT molecular complexity index is 565. The number of carbonyl (C=O) groups excluding carboxylic acids is 1. The highest BCUT2D eigenvalue weighted by Gasteiger charge is 2.17. The molecule has 0 aliphatic carbocycles. The van der Waals surface area contributed by atoms with Crippen LogP contribution in [0.15, 0.2) is 29.3 Å². The number of nitrogens with zero attached hydrogens (tertiary/aromatic N) is 2. The molecule has 2 rings (SSSR count). The maximum atomic E-state index is 12.0. The SMILES string of the molecule is COc1cccc(C(=O)NCCN=C(N)N2CCCC(C)C2)c1.I. The van der Waals surface area contributed by atoms with E-state index in [-0.39, 0.29) is 29.9 Å². The summed E-state index contributed by atoms with van der Waals surface area (Å²) in [6.45, 7) is 5.10. The molecule has 0 bridgehead atoms. The van der Waals surface area contributed by atoms with Crippen LogP contribution in [0.5, 0.6) is 5.75 Å². The number of methoxy groups -OCH3 is 1. The van der Waals surface area contributed by atoms with E-state index in [2.05, 4.69) is 22.1 Å². The number of hydrogen-bond acceptors (Lipinski definition) is 3. The normalized spacial score (nSPS) is 17.8. The number of hydrogen-bond donors (Lipinski definition) is 2. The molecule has 24 heavy (non-hydrogen) atoms. The molecule has 1 unspecified atom stereocenters. The molecule has 1 aliphatic heterocycles. The molecule has 0 saturated carbocycles. The number of nitrogens with two attached hydrogens (primary N) is 1. The Labute approximate surface area is 160 Å². The quantitative estimate of drug-likeness (QED) is 0.314. The number of nitrogens with one attached hydrogen (secondary N) is 1. The largest absolute Gasteiger partial charge is 0.497 e. The highest BCUT2D eigenvalue weighted by atomic mass is 127. The summed E-state index contributed by atoms with van der Waals surface area (Å²) < 4.78 is 5.11. The highest BCUT2D eigenvalue weighted by Crippen LogP contribution is 2.15. The Morgan fingerprint density at radius 3 is 3.00 bits per heavy atom. The average Bonchev–Trinajstić information content (AvgIpc) is 2.58. The van der Waals surface area contributed by atoms with Crippen LogP contribution in [0.3, 0.4) is 0 Å². The molecule has 3 N–H and O–H groups in total. The molecule has 1 saturated heterocycles. The van der Waals surface area contributed by atoms with Gasteiger partial charge in [-0.1, -0.05) is 13.0 Å². The summed E-state index contributed by atoms with van der Waals surface area (Å²) in [6.07, 6.45) is 2.41. The van der Waals surface area contributed by atoms with Gasteiger partial charge in [0.05, 0.1) is 13.7 Å². The number of aliphatic imine (C=N–C) groups is 1. The van der Waals surface area contributed by atoms with Gasteiger partial charge in [0.2, 0.25) is 0 Å². The van der Waals surface area contributed by atoms with Gasteiger partial charge in [-0.2, -0.15) is 0 Å². The van der Waals surface area contributed by atoms with Crippen molar-refractivity contribution >= 4 is 35.8 Å². The van der Waals surface area contributed by atoms with E-state index in [1.54, 1.807) is 31.4 Å². The van der Waals surface area contributed by atoms with E-state index >= 15 is 0 Å². The Balaban J connectivity index is 0.00000288. The summed E-state index contributed by atoms with van der Waals surface area (Å²) in [4.78, 5) is 18.5. The third kappa shape index (κ3) is 6.18. The molecule has 1 fully saturated rings. The van der Waals surface area contributed by atoms with Crippen LogP contribution in [0.1, 0.15) is 30.1 Å². The van der Waals surface area contributed by atoms with Gasteiger partial charge in [-0.25, -0.2) is 0 Å². The second kappa shape index (κ2) is 10.4. The predicted molar refractivity (Wildman–Crippen MR) is 107 cm³/mol. The summed E-state index contributed by atoms with van der Waals surface area (Å²) >= 11 is 0. The first kappa shape index (κ1) is 20.5. The number of rotatable bonds is 5. The first-order valence-corrected chi connectivity index (χ1v) is 8.07. The fourth-order valence-electron chi connectivity index (χ4n) is 2.70. The summed E-state index contributed by atoms with van der Waals surface area (Å²) in [5.41, 5.74) is 6.60. The van der Waals surface area contributed by atoms with Gasteiger partial charge in [0.1, 0.15) is 5.75 Å². The molecular weight excluding hydrogens is 419 g/mol. The van der Waals surface area contributed by atoms with E-state index in [9.17, 15) is 4.79 Å². The van der Waals surface area contributed by atoms with Crippen LogP contribution in [-0.2, 0) is 0 Å². The van der Waals surface area contributed by atoms with Crippen LogP contribution in [0.25, 0.3) is 0 Å². The van der Waals surface area contributed by atoms with E-state index in [4.69, 9.17) is 10.5 Å². The molecule has 0 spiro atoms. The summed E-state index contributed by atoms with van der Waals surface area (Å²) in [5, 5.41) is 2.84. The molecule has 7 heteroatoms. The third-order valence-electron chi connectivity index (χ3n) is 3.98. The van der Waals surface area contributed by atoms with Gasteiger partial charge in [0, 0.05) is 25.2 Å². The second-order valence-electron chi connectivity index (χ2n) is 5.92. The van der Waals surface area contributed by atoms with E-state index in [1.807, 2.05) is 0 Å². The molecule has 1 aromatic rings. The van der Waals surface area contributed by atoms with E-state index in [0.717, 1.165) is 19.5 Å². The van der Waals surface area contributed by atoms with E-state index in [0.29, 0.717) is 36.3 Å². The maximum absolute atomic E-state index is 12.0. The van der Waals surface area contributed by atoms with Gasteiger partial charge in [-0.15, -0.1) is 24.0 Å². The average molecular weight is 446 g/mol. The van der Waals surface area contributed by atoms with Gasteiger partial charge >= 0.3 is 0 Å². The van der Waals surface area contributed by atoms with Crippen LogP contribution in [-0.4, -0.2) is 50.1 Å². The van der Waals surface area contributed by atoms with Crippen LogP contribution in [0.4, 0.5) is 0 Å². The molecule has 1 aliphatic rings. The van der Waals surface area contributed by atoms with Crippen molar-refractivity contribution in [1.82, 2.24) is 10.2 Å². The number of benzene rings is 1. The highest BCUT2D eigenvalue weighted by molar-refractivity contribution is 14.0. The van der Waals surface area contributed by atoms with Crippen molar-refractivity contribution in [3.63, 3.8) is 0 Å². The fraction of sp³-hybridized carbons (Fsp3) is 0.529. The van der Waals surface area contributed by atoms with Crippen molar-refractivity contribution in [3.05, 3.63) is 29.8 Å². The minimum Gasteiger partial charge on any atom is -0.497 e. The Morgan fingerprint density at radius 1 is 1.50 bits per heavy atom. The number of carbonyl (C=O) groups is 1. The molecule has 134 valence electrons. The number of likely N-dealkylation sites (tertiary alicyclic amines) is 1. The predicted octanol–water partition coefficient (Wildman–Crippen LogP) is 2.09. The molecule has 1 heterocycles. The second-order valence-corrected chi connectivity index (χ2v) is 5.92. The Hall–Kier alpha value is -1.51. The van der Waals surface area contributed by atoms with Gasteiger partial charge in [0.25, 0.3) is 5.91 Å². The molecule has 0 radical (unpaired) electrons. The van der Waals surface area contributed by atoms with Gasteiger partial charge in [0.15, 0.2) is 5.96 Å². The molecule has 1 amide bonds. The van der Waals surface area contributed by atoms with E-state index < -0.39 is 0 Å². The number of guanidine groups is 1. The van der Waals surface area contributed by atoms with Crippen LogP contribution in [0.2, 0.25) is 0 Å². The van der Waals surface area contributed by atoms with Crippen molar-refractivity contribution in [2.45, 2.75) is 19.8 Å². The van der Waals surface area contributed by atoms with Crippen LogP contribution >= 0.6 is 24.0 Å². The standard InChI is InChI=1S/C17H26N4O2.HI/c1-13-5-4-10-21(12-13)17(18)20-9-8-19-16(22)14-6-3-7-15(11-14)23-2;/h3,6-7,11,13H,4-5,8-10,12H2,1-2H3,(H2,18,20)(H,19,22);1H. The van der Waals surface area contributed by atoms with Crippen molar-refractivity contribution in [2.24, 2.45) is 16.6 Å². The lowest BCUT2D eigenvalue weighted by molar-refractivity contribution is 0.0954. The number of halogens is 1. The monoisotopic (exact) mass is 446 g/mol. The topological polar surface area (TPSA) is 79.9 Å². The summed E-state index contributed by atoms with van der Waals surface area (Å²) in [6, 6.07) is 7.06. The van der Waals surface area contributed by atoms with Crippen LogP contribution in [0, 0.1) is 5.92 Å². The third-order valence-corrected chi connectivity index (χ3v) is 3.98. The lowest BCUT2D eigenvalue weighted by Crippen LogP contribution is -2.43.